The molecule has 0 aliphatic heterocycles. The second-order valence-corrected chi connectivity index (χ2v) is 5.98. The monoisotopic (exact) mass is 325 g/mol. The summed E-state index contributed by atoms with van der Waals surface area (Å²) in [4.78, 5) is 14.5. The van der Waals surface area contributed by atoms with Gasteiger partial charge in [0, 0.05) is 29.2 Å². The number of carbonyl (C=O) groups excluding carboxylic acids is 1. The lowest BCUT2D eigenvalue weighted by Crippen LogP contribution is -2.45. The lowest BCUT2D eigenvalue weighted by molar-refractivity contribution is 0.0562. The fourth-order valence-corrected chi connectivity index (χ4v) is 2.66. The smallest absolute Gasteiger partial charge is 0.254 e. The predicted octanol–water partition coefficient (Wildman–Crippen LogP) is 3.13. The van der Waals surface area contributed by atoms with E-state index in [4.69, 9.17) is 5.11 Å². The van der Waals surface area contributed by atoms with Crippen LogP contribution in [0.2, 0.25) is 0 Å². The lowest BCUT2D eigenvalue weighted by Gasteiger charge is -2.37. The van der Waals surface area contributed by atoms with E-state index >= 15 is 0 Å². The minimum absolute atomic E-state index is 0.0823. The van der Waals surface area contributed by atoms with E-state index in [1.807, 2.05) is 30.0 Å². The largest absolute Gasteiger partial charge is 0.396 e. The van der Waals surface area contributed by atoms with Crippen LogP contribution in [0.3, 0.4) is 0 Å². The Labute approximate surface area is 122 Å². The van der Waals surface area contributed by atoms with Crippen LogP contribution in [0.15, 0.2) is 22.7 Å². The van der Waals surface area contributed by atoms with E-state index in [0.29, 0.717) is 19.0 Å². The number of hydrogen-bond acceptors (Lipinski definition) is 2. The summed E-state index contributed by atoms with van der Waals surface area (Å²) in [5, 5.41) is 8.98. The van der Waals surface area contributed by atoms with E-state index < -0.39 is 0 Å². The molecule has 0 atom stereocenters. The predicted molar refractivity (Wildman–Crippen MR) is 79.3 cm³/mol. The van der Waals surface area contributed by atoms with Crippen LogP contribution in [0.5, 0.6) is 0 Å². The molecule has 3 nitrogen and oxygen atoms in total. The van der Waals surface area contributed by atoms with Crippen molar-refractivity contribution in [1.29, 1.82) is 0 Å². The first kappa shape index (κ1) is 14.5. The second-order valence-electron chi connectivity index (χ2n) is 5.12. The Morgan fingerprint density at radius 3 is 2.74 bits per heavy atom. The number of carbonyl (C=O) groups is 1. The van der Waals surface area contributed by atoms with E-state index in [9.17, 15) is 4.79 Å². The van der Waals surface area contributed by atoms with Gasteiger partial charge in [0.25, 0.3) is 5.91 Å². The maximum absolute atomic E-state index is 12.6. The van der Waals surface area contributed by atoms with Gasteiger partial charge in [-0.25, -0.2) is 0 Å². The molecular weight excluding hydrogens is 306 g/mol. The van der Waals surface area contributed by atoms with Crippen molar-refractivity contribution in [2.24, 2.45) is 0 Å². The Morgan fingerprint density at radius 1 is 1.47 bits per heavy atom. The normalized spacial score (nSPS) is 15.1. The molecule has 0 spiro atoms. The van der Waals surface area contributed by atoms with Crippen molar-refractivity contribution in [2.75, 3.05) is 13.2 Å². The van der Waals surface area contributed by atoms with Crippen molar-refractivity contribution in [1.82, 2.24) is 4.90 Å². The summed E-state index contributed by atoms with van der Waals surface area (Å²) >= 11 is 3.47. The molecule has 1 amide bonds. The van der Waals surface area contributed by atoms with Crippen molar-refractivity contribution < 1.29 is 9.90 Å². The number of halogens is 1. The minimum atomic E-state index is 0.0823. The summed E-state index contributed by atoms with van der Waals surface area (Å²) in [5.74, 6) is 0.0823. The highest BCUT2D eigenvalue weighted by molar-refractivity contribution is 9.10. The van der Waals surface area contributed by atoms with Gasteiger partial charge < -0.3 is 10.0 Å². The van der Waals surface area contributed by atoms with Crippen LogP contribution < -0.4 is 0 Å². The van der Waals surface area contributed by atoms with Crippen molar-refractivity contribution in [3.63, 3.8) is 0 Å². The third-order valence-corrected chi connectivity index (χ3v) is 4.61. The first-order valence-corrected chi connectivity index (χ1v) is 7.60. The van der Waals surface area contributed by atoms with Gasteiger partial charge in [0.05, 0.1) is 0 Å². The molecule has 0 bridgehead atoms. The quantitative estimate of drug-likeness (QED) is 0.903. The Morgan fingerprint density at radius 2 is 2.21 bits per heavy atom. The molecule has 1 aromatic rings. The van der Waals surface area contributed by atoms with Crippen molar-refractivity contribution >= 4 is 21.8 Å². The van der Waals surface area contributed by atoms with Crippen LogP contribution in [0, 0.1) is 6.92 Å². The topological polar surface area (TPSA) is 40.5 Å². The summed E-state index contributed by atoms with van der Waals surface area (Å²) in [6.45, 7) is 2.79. The summed E-state index contributed by atoms with van der Waals surface area (Å²) in [6, 6.07) is 6.09. The Balaban J connectivity index is 2.15. The first-order chi connectivity index (χ1) is 9.13. The standard InChI is InChI=1S/C15H20BrNO2/c1-11-6-7-12(10-14(11)16)15(19)17(8-3-9-18)13-4-2-5-13/h6-7,10,13,18H,2-5,8-9H2,1H3. The minimum Gasteiger partial charge on any atom is -0.396 e. The Kier molecular flexibility index (Phi) is 4.99. The van der Waals surface area contributed by atoms with Gasteiger partial charge in [0.1, 0.15) is 0 Å². The van der Waals surface area contributed by atoms with Crippen LogP contribution in [0.4, 0.5) is 0 Å². The summed E-state index contributed by atoms with van der Waals surface area (Å²) in [7, 11) is 0. The van der Waals surface area contributed by atoms with Gasteiger partial charge in [0.15, 0.2) is 0 Å². The highest BCUT2D eigenvalue weighted by Gasteiger charge is 2.29. The molecule has 2 rings (SSSR count). The molecule has 0 saturated heterocycles. The van der Waals surface area contributed by atoms with Crippen LogP contribution in [-0.2, 0) is 0 Å². The maximum atomic E-state index is 12.6. The molecular formula is C15H20BrNO2. The van der Waals surface area contributed by atoms with Gasteiger partial charge in [-0.3, -0.25) is 4.79 Å². The number of aryl methyl sites for hydroxylation is 1. The van der Waals surface area contributed by atoms with Gasteiger partial charge in [-0.15, -0.1) is 0 Å². The SMILES string of the molecule is Cc1ccc(C(=O)N(CCCO)C2CCC2)cc1Br. The zero-order valence-corrected chi connectivity index (χ0v) is 12.8. The molecule has 1 N–H and O–H groups in total. The third-order valence-electron chi connectivity index (χ3n) is 3.75. The number of amides is 1. The van der Waals surface area contributed by atoms with E-state index in [0.717, 1.165) is 28.4 Å². The van der Waals surface area contributed by atoms with Gasteiger partial charge in [0.2, 0.25) is 0 Å². The number of aliphatic hydroxyl groups excluding tert-OH is 1. The van der Waals surface area contributed by atoms with Gasteiger partial charge >= 0.3 is 0 Å². The van der Waals surface area contributed by atoms with Gasteiger partial charge in [-0.1, -0.05) is 22.0 Å². The van der Waals surface area contributed by atoms with E-state index in [1.165, 1.54) is 6.42 Å². The average molecular weight is 326 g/mol. The maximum Gasteiger partial charge on any atom is 0.254 e. The number of aliphatic hydroxyl groups is 1. The van der Waals surface area contributed by atoms with Crippen molar-refractivity contribution in [3.05, 3.63) is 33.8 Å². The Bertz CT molecular complexity index is 457. The van der Waals surface area contributed by atoms with E-state index in [1.54, 1.807) is 0 Å². The Hall–Kier alpha value is -0.870. The summed E-state index contributed by atoms with van der Waals surface area (Å²) in [5.41, 5.74) is 1.85. The molecule has 0 heterocycles. The fourth-order valence-electron chi connectivity index (χ4n) is 2.28. The average Bonchev–Trinajstić information content (AvgIpc) is 2.34. The van der Waals surface area contributed by atoms with E-state index in [2.05, 4.69) is 15.9 Å². The molecule has 1 fully saturated rings. The molecule has 104 valence electrons. The third kappa shape index (κ3) is 3.37. The molecule has 1 aromatic carbocycles. The molecule has 1 aliphatic rings. The van der Waals surface area contributed by atoms with Crippen LogP contribution in [-0.4, -0.2) is 35.1 Å². The molecule has 0 radical (unpaired) electrons. The van der Waals surface area contributed by atoms with Gasteiger partial charge in [-0.2, -0.15) is 0 Å². The molecule has 1 aliphatic carbocycles. The first-order valence-electron chi connectivity index (χ1n) is 6.81. The zero-order valence-electron chi connectivity index (χ0n) is 11.2. The number of nitrogens with zero attached hydrogens (tertiary/aromatic N) is 1. The second kappa shape index (κ2) is 6.53. The number of benzene rings is 1. The van der Waals surface area contributed by atoms with Crippen molar-refractivity contribution in [2.45, 2.75) is 38.6 Å². The van der Waals surface area contributed by atoms with Crippen LogP contribution in [0.1, 0.15) is 41.6 Å². The number of rotatable bonds is 5. The highest BCUT2D eigenvalue weighted by atomic mass is 79.9. The molecule has 0 aromatic heterocycles. The molecule has 0 unspecified atom stereocenters. The number of hydrogen-bond donors (Lipinski definition) is 1. The summed E-state index contributed by atoms with van der Waals surface area (Å²) in [6.07, 6.45) is 4.02. The fraction of sp³-hybridized carbons (Fsp3) is 0.533. The lowest BCUT2D eigenvalue weighted by atomic mass is 9.90. The van der Waals surface area contributed by atoms with Crippen LogP contribution in [0.25, 0.3) is 0 Å². The van der Waals surface area contributed by atoms with E-state index in [-0.39, 0.29) is 12.5 Å². The molecule has 19 heavy (non-hydrogen) atoms. The van der Waals surface area contributed by atoms with Gasteiger partial charge in [-0.05, 0) is 50.3 Å². The molecule has 4 heteroatoms. The zero-order chi connectivity index (χ0) is 13.8. The van der Waals surface area contributed by atoms with Crippen LogP contribution >= 0.6 is 15.9 Å². The summed E-state index contributed by atoms with van der Waals surface area (Å²) < 4.78 is 0.967. The van der Waals surface area contributed by atoms with Crippen molar-refractivity contribution in [3.8, 4) is 0 Å². The molecule has 1 saturated carbocycles. The highest BCUT2D eigenvalue weighted by Crippen LogP contribution is 2.27.